The molecule has 0 saturated heterocycles. The third-order valence-corrected chi connectivity index (χ3v) is 3.58. The summed E-state index contributed by atoms with van der Waals surface area (Å²) in [7, 11) is 1.56. The van der Waals surface area contributed by atoms with E-state index in [4.69, 9.17) is 4.74 Å². The van der Waals surface area contributed by atoms with Crippen LogP contribution in [0.3, 0.4) is 0 Å². The first-order chi connectivity index (χ1) is 11.2. The maximum atomic E-state index is 12.3. The number of methoxy groups -OCH3 is 1. The molecule has 2 aromatic rings. The van der Waals surface area contributed by atoms with E-state index in [9.17, 15) is 9.59 Å². The number of carbonyl (C=O) groups is 2. The van der Waals surface area contributed by atoms with Gasteiger partial charge in [0.25, 0.3) is 5.91 Å². The maximum Gasteiger partial charge on any atom is 0.269 e. The Morgan fingerprint density at radius 3 is 2.22 bits per heavy atom. The molecule has 0 aliphatic heterocycles. The molecule has 0 heterocycles. The molecule has 23 heavy (non-hydrogen) atoms. The third-order valence-electron chi connectivity index (χ3n) is 3.58. The van der Waals surface area contributed by atoms with Crippen LogP contribution in [-0.4, -0.2) is 18.9 Å². The van der Waals surface area contributed by atoms with Crippen molar-refractivity contribution in [2.45, 2.75) is 19.3 Å². The molecule has 2 rings (SSSR count). The number of hydrazine groups is 1. The molecule has 0 aliphatic rings. The van der Waals surface area contributed by atoms with Gasteiger partial charge in [-0.15, -0.1) is 0 Å². The summed E-state index contributed by atoms with van der Waals surface area (Å²) < 4.78 is 5.04. The number of nitrogens with one attached hydrogen (secondary N) is 2. The number of hydrogen-bond acceptors (Lipinski definition) is 3. The summed E-state index contributed by atoms with van der Waals surface area (Å²) in [6.45, 7) is 1.93. The molecule has 2 amide bonds. The van der Waals surface area contributed by atoms with Crippen LogP contribution in [0.4, 0.5) is 0 Å². The summed E-state index contributed by atoms with van der Waals surface area (Å²) in [5.41, 5.74) is 6.30. The van der Waals surface area contributed by atoms with E-state index >= 15 is 0 Å². The smallest absolute Gasteiger partial charge is 0.269 e. The third kappa shape index (κ3) is 4.32. The predicted molar refractivity (Wildman–Crippen MR) is 88.1 cm³/mol. The van der Waals surface area contributed by atoms with Crippen LogP contribution in [0.2, 0.25) is 0 Å². The fraction of sp³-hybridized carbons (Fsp3) is 0.222. The van der Waals surface area contributed by atoms with Gasteiger partial charge < -0.3 is 4.74 Å². The zero-order valence-corrected chi connectivity index (χ0v) is 13.2. The van der Waals surface area contributed by atoms with E-state index in [0.717, 1.165) is 5.56 Å². The Kier molecular flexibility index (Phi) is 5.74. The topological polar surface area (TPSA) is 67.4 Å². The first-order valence-electron chi connectivity index (χ1n) is 7.45. The molecule has 0 fully saturated rings. The second-order valence-electron chi connectivity index (χ2n) is 5.04. The van der Waals surface area contributed by atoms with Gasteiger partial charge >= 0.3 is 0 Å². The molecule has 0 unspecified atom stereocenters. The van der Waals surface area contributed by atoms with Crippen molar-refractivity contribution in [3.8, 4) is 5.75 Å². The highest BCUT2D eigenvalue weighted by molar-refractivity contribution is 5.96. The Bertz CT molecular complexity index is 654. The second-order valence-corrected chi connectivity index (χ2v) is 5.04. The number of benzene rings is 2. The highest BCUT2D eigenvalue weighted by Gasteiger charge is 2.19. The van der Waals surface area contributed by atoms with Gasteiger partial charge in [-0.25, -0.2) is 0 Å². The molecule has 0 spiro atoms. The van der Waals surface area contributed by atoms with Crippen LogP contribution < -0.4 is 15.6 Å². The van der Waals surface area contributed by atoms with Crippen LogP contribution >= 0.6 is 0 Å². The van der Waals surface area contributed by atoms with Gasteiger partial charge in [-0.05, 0) is 36.2 Å². The van der Waals surface area contributed by atoms with Crippen molar-refractivity contribution in [2.24, 2.45) is 0 Å². The first-order valence-corrected chi connectivity index (χ1v) is 7.45. The van der Waals surface area contributed by atoms with Crippen molar-refractivity contribution in [1.82, 2.24) is 10.9 Å². The van der Waals surface area contributed by atoms with E-state index in [0.29, 0.717) is 17.7 Å². The summed E-state index contributed by atoms with van der Waals surface area (Å²) in [6.07, 6.45) is 0.647. The molecule has 2 aromatic carbocycles. The van der Waals surface area contributed by atoms with Gasteiger partial charge in [0.05, 0.1) is 13.0 Å². The Morgan fingerprint density at radius 2 is 1.65 bits per heavy atom. The Balaban J connectivity index is 1.95. The lowest BCUT2D eigenvalue weighted by molar-refractivity contribution is -0.123. The molecular formula is C18H20N2O3. The normalized spacial score (nSPS) is 11.4. The van der Waals surface area contributed by atoms with Gasteiger partial charge in [0.15, 0.2) is 0 Å². The van der Waals surface area contributed by atoms with Gasteiger partial charge in [0.1, 0.15) is 5.75 Å². The average molecular weight is 312 g/mol. The largest absolute Gasteiger partial charge is 0.497 e. The Labute approximate surface area is 135 Å². The zero-order valence-electron chi connectivity index (χ0n) is 13.2. The minimum Gasteiger partial charge on any atom is -0.497 e. The van der Waals surface area contributed by atoms with Gasteiger partial charge in [-0.1, -0.05) is 37.3 Å². The summed E-state index contributed by atoms with van der Waals surface area (Å²) in [6, 6.07) is 16.1. The van der Waals surface area contributed by atoms with E-state index in [1.54, 1.807) is 31.4 Å². The summed E-state index contributed by atoms with van der Waals surface area (Å²) >= 11 is 0. The number of amides is 2. The van der Waals surface area contributed by atoms with E-state index in [-0.39, 0.29) is 17.7 Å². The number of carbonyl (C=O) groups excluding carboxylic acids is 2. The van der Waals surface area contributed by atoms with Crippen molar-refractivity contribution in [3.05, 3.63) is 65.7 Å². The Morgan fingerprint density at radius 1 is 1.00 bits per heavy atom. The molecule has 0 radical (unpaired) electrons. The first kappa shape index (κ1) is 16.5. The van der Waals surface area contributed by atoms with E-state index in [1.807, 2.05) is 37.3 Å². The number of ether oxygens (including phenoxy) is 1. The Hall–Kier alpha value is -2.82. The van der Waals surface area contributed by atoms with Gasteiger partial charge in [0.2, 0.25) is 5.91 Å². The van der Waals surface area contributed by atoms with Crippen LogP contribution in [-0.2, 0) is 4.79 Å². The summed E-state index contributed by atoms with van der Waals surface area (Å²) in [5.74, 6) is -0.238. The molecule has 120 valence electrons. The zero-order chi connectivity index (χ0) is 16.7. The minimum atomic E-state index is -0.371. The molecule has 1 atom stereocenters. The molecule has 2 N–H and O–H groups in total. The summed E-state index contributed by atoms with van der Waals surface area (Å²) in [4.78, 5) is 24.3. The molecule has 5 heteroatoms. The molecule has 0 aliphatic carbocycles. The van der Waals surface area contributed by atoms with Crippen LogP contribution in [0, 0.1) is 0 Å². The molecule has 0 bridgehead atoms. The quantitative estimate of drug-likeness (QED) is 0.834. The lowest BCUT2D eigenvalue weighted by Crippen LogP contribution is -2.43. The second kappa shape index (κ2) is 7.98. The van der Waals surface area contributed by atoms with Crippen molar-refractivity contribution in [2.75, 3.05) is 7.11 Å². The average Bonchev–Trinajstić information content (AvgIpc) is 2.61. The van der Waals surface area contributed by atoms with Crippen LogP contribution in [0.1, 0.15) is 35.2 Å². The van der Waals surface area contributed by atoms with Gasteiger partial charge in [-0.2, -0.15) is 0 Å². The van der Waals surface area contributed by atoms with Crippen molar-refractivity contribution < 1.29 is 14.3 Å². The van der Waals surface area contributed by atoms with Crippen molar-refractivity contribution in [3.63, 3.8) is 0 Å². The standard InChI is InChI=1S/C18H20N2O3/c1-3-16(13-7-5-4-6-8-13)18(22)20-19-17(21)14-9-11-15(23-2)12-10-14/h4-12,16H,3H2,1-2H3,(H,19,21)(H,20,22)/t16-/m0/s1. The van der Waals surface area contributed by atoms with E-state index in [1.165, 1.54) is 0 Å². The highest BCUT2D eigenvalue weighted by atomic mass is 16.5. The predicted octanol–water partition coefficient (Wildman–Crippen LogP) is 2.65. The fourth-order valence-electron chi connectivity index (χ4n) is 2.28. The molecule has 0 aromatic heterocycles. The lowest BCUT2D eigenvalue weighted by Gasteiger charge is -2.16. The van der Waals surface area contributed by atoms with Crippen molar-refractivity contribution >= 4 is 11.8 Å². The monoisotopic (exact) mass is 312 g/mol. The van der Waals surface area contributed by atoms with Crippen molar-refractivity contribution in [1.29, 1.82) is 0 Å². The van der Waals surface area contributed by atoms with Crippen LogP contribution in [0.25, 0.3) is 0 Å². The lowest BCUT2D eigenvalue weighted by atomic mass is 9.96. The highest BCUT2D eigenvalue weighted by Crippen LogP contribution is 2.18. The van der Waals surface area contributed by atoms with E-state index in [2.05, 4.69) is 10.9 Å². The fourth-order valence-corrected chi connectivity index (χ4v) is 2.28. The molecule has 0 saturated carbocycles. The maximum absolute atomic E-state index is 12.3. The van der Waals surface area contributed by atoms with Crippen LogP contribution in [0.15, 0.2) is 54.6 Å². The summed E-state index contributed by atoms with van der Waals surface area (Å²) in [5, 5.41) is 0. The van der Waals surface area contributed by atoms with Crippen LogP contribution in [0.5, 0.6) is 5.75 Å². The van der Waals surface area contributed by atoms with Gasteiger partial charge in [-0.3, -0.25) is 20.4 Å². The van der Waals surface area contributed by atoms with E-state index < -0.39 is 0 Å². The van der Waals surface area contributed by atoms with Gasteiger partial charge in [0, 0.05) is 5.56 Å². The number of rotatable bonds is 5. The number of hydrogen-bond donors (Lipinski definition) is 2. The minimum absolute atomic E-state index is 0.236. The molecule has 5 nitrogen and oxygen atoms in total. The SMILES string of the molecule is CC[C@H](C(=O)NNC(=O)c1ccc(OC)cc1)c1ccccc1. The molecular weight excluding hydrogens is 292 g/mol.